The molecule has 0 aliphatic rings. The van der Waals surface area contributed by atoms with Crippen LogP contribution in [0, 0.1) is 10.7 Å². The maximum Gasteiger partial charge on any atom is 0.238 e. The van der Waals surface area contributed by atoms with Gasteiger partial charge >= 0.3 is 0 Å². The first-order chi connectivity index (χ1) is 6.16. The molecule has 1 unspecified atom stereocenters. The van der Waals surface area contributed by atoms with Crippen LogP contribution < -0.4 is 0 Å². The second-order valence-electron chi connectivity index (χ2n) is 3.22. The number of methoxy groups -OCH3 is 1. The minimum Gasteiger partial charge on any atom is -0.382 e. The van der Waals surface area contributed by atoms with E-state index < -0.39 is 0 Å². The van der Waals surface area contributed by atoms with Gasteiger partial charge in [0.15, 0.2) is 0 Å². The van der Waals surface area contributed by atoms with Crippen molar-refractivity contribution in [1.29, 1.82) is 0 Å². The van der Waals surface area contributed by atoms with Crippen molar-refractivity contribution in [1.82, 2.24) is 20.2 Å². The smallest absolute Gasteiger partial charge is 0.238 e. The molecular weight excluding hydrogens is 188 g/mol. The fourth-order valence-corrected chi connectivity index (χ4v) is 1.37. The topological polar surface area (TPSA) is 55.7 Å². The van der Waals surface area contributed by atoms with Gasteiger partial charge in [0, 0.05) is 7.11 Å². The highest BCUT2D eigenvalue weighted by molar-refractivity contribution is 7.71. The van der Waals surface area contributed by atoms with E-state index in [1.807, 2.05) is 0 Å². The minimum atomic E-state index is 0.174. The first-order valence-corrected chi connectivity index (χ1v) is 4.56. The van der Waals surface area contributed by atoms with E-state index in [0.717, 1.165) is 0 Å². The molecule has 0 spiro atoms. The molecule has 0 aliphatic carbocycles. The highest BCUT2D eigenvalue weighted by Crippen LogP contribution is 2.16. The maximum atomic E-state index is 5.10. The molecule has 1 aromatic heterocycles. The van der Waals surface area contributed by atoms with Crippen molar-refractivity contribution in [3.8, 4) is 0 Å². The SMILES string of the molecule is COCC(C(C)C)n1[nH]nnc1=S. The summed E-state index contributed by atoms with van der Waals surface area (Å²) in [6.45, 7) is 4.81. The quantitative estimate of drug-likeness (QED) is 0.745. The molecule has 1 heterocycles. The van der Waals surface area contributed by atoms with Crippen LogP contribution in [0.25, 0.3) is 0 Å². The molecule has 74 valence electrons. The summed E-state index contributed by atoms with van der Waals surface area (Å²) in [5.41, 5.74) is 0. The number of aromatic nitrogens is 4. The van der Waals surface area contributed by atoms with E-state index in [1.165, 1.54) is 0 Å². The molecule has 0 aliphatic heterocycles. The third kappa shape index (κ3) is 2.35. The molecule has 0 aromatic carbocycles. The number of rotatable bonds is 4. The third-order valence-electron chi connectivity index (χ3n) is 1.93. The van der Waals surface area contributed by atoms with Crippen LogP contribution in [-0.4, -0.2) is 33.9 Å². The van der Waals surface area contributed by atoms with E-state index in [-0.39, 0.29) is 6.04 Å². The molecule has 13 heavy (non-hydrogen) atoms. The van der Waals surface area contributed by atoms with Gasteiger partial charge in [0.1, 0.15) is 0 Å². The van der Waals surface area contributed by atoms with Gasteiger partial charge in [-0.3, -0.25) is 0 Å². The Morgan fingerprint density at radius 3 is 2.69 bits per heavy atom. The van der Waals surface area contributed by atoms with Crippen LogP contribution in [0.5, 0.6) is 0 Å². The van der Waals surface area contributed by atoms with Gasteiger partial charge in [-0.15, -0.1) is 0 Å². The number of hydrogen-bond acceptors (Lipinski definition) is 4. The van der Waals surface area contributed by atoms with E-state index in [4.69, 9.17) is 17.0 Å². The largest absolute Gasteiger partial charge is 0.382 e. The average Bonchev–Trinajstić information content (AvgIpc) is 2.47. The summed E-state index contributed by atoms with van der Waals surface area (Å²) in [7, 11) is 1.67. The van der Waals surface area contributed by atoms with Crippen LogP contribution in [0.1, 0.15) is 19.9 Å². The fraction of sp³-hybridized carbons (Fsp3) is 0.857. The summed E-state index contributed by atoms with van der Waals surface area (Å²) in [5, 5.41) is 10.1. The molecule has 0 amide bonds. The zero-order valence-electron chi connectivity index (χ0n) is 8.02. The van der Waals surface area contributed by atoms with E-state index in [9.17, 15) is 0 Å². The third-order valence-corrected chi connectivity index (χ3v) is 2.21. The number of nitrogens with zero attached hydrogens (tertiary/aromatic N) is 3. The van der Waals surface area contributed by atoms with Crippen molar-refractivity contribution in [2.75, 3.05) is 13.7 Å². The number of tetrazole rings is 1. The summed E-state index contributed by atoms with van der Waals surface area (Å²) >= 11 is 5.00. The Labute approximate surface area is 82.1 Å². The summed E-state index contributed by atoms with van der Waals surface area (Å²) in [6, 6.07) is 0.174. The summed E-state index contributed by atoms with van der Waals surface area (Å²) < 4.78 is 7.32. The Morgan fingerprint density at radius 2 is 2.31 bits per heavy atom. The molecule has 0 bridgehead atoms. The summed E-state index contributed by atoms with van der Waals surface area (Å²) in [6.07, 6.45) is 0. The maximum absolute atomic E-state index is 5.10. The number of nitrogens with one attached hydrogen (secondary N) is 1. The van der Waals surface area contributed by atoms with Gasteiger partial charge in [0.25, 0.3) is 0 Å². The number of H-pyrrole nitrogens is 1. The predicted molar refractivity (Wildman–Crippen MR) is 51.0 cm³/mol. The van der Waals surface area contributed by atoms with Crippen molar-refractivity contribution in [2.24, 2.45) is 5.92 Å². The highest BCUT2D eigenvalue weighted by atomic mass is 32.1. The molecule has 0 fully saturated rings. The molecule has 5 nitrogen and oxygen atoms in total. The van der Waals surface area contributed by atoms with Crippen molar-refractivity contribution < 1.29 is 4.74 Å². The van der Waals surface area contributed by atoms with Gasteiger partial charge in [-0.25, -0.2) is 4.68 Å². The second-order valence-corrected chi connectivity index (χ2v) is 3.58. The zero-order valence-corrected chi connectivity index (χ0v) is 8.84. The highest BCUT2D eigenvalue weighted by Gasteiger charge is 2.16. The molecule has 1 N–H and O–H groups in total. The van der Waals surface area contributed by atoms with Crippen LogP contribution in [-0.2, 0) is 4.74 Å². The lowest BCUT2D eigenvalue weighted by molar-refractivity contribution is 0.124. The summed E-state index contributed by atoms with van der Waals surface area (Å²) in [5.74, 6) is 0.425. The molecule has 0 saturated carbocycles. The molecule has 1 rings (SSSR count). The van der Waals surface area contributed by atoms with Gasteiger partial charge in [0.05, 0.1) is 12.6 Å². The lowest BCUT2D eigenvalue weighted by atomic mass is 10.1. The Morgan fingerprint density at radius 1 is 1.62 bits per heavy atom. The van der Waals surface area contributed by atoms with Gasteiger partial charge < -0.3 is 4.74 Å². The Balaban J connectivity index is 2.88. The van der Waals surface area contributed by atoms with Gasteiger partial charge in [0.2, 0.25) is 4.77 Å². The monoisotopic (exact) mass is 202 g/mol. The van der Waals surface area contributed by atoms with Crippen LogP contribution in [0.4, 0.5) is 0 Å². The Bertz CT molecular complexity index is 305. The standard InChI is InChI=1S/C7H14N4OS/c1-5(2)6(4-12-3)11-7(13)8-9-10-11/h5-6H,4H2,1-3H3,(H,8,10,13). The van der Waals surface area contributed by atoms with Crippen LogP contribution in [0.2, 0.25) is 0 Å². The van der Waals surface area contributed by atoms with Gasteiger partial charge in [-0.05, 0) is 18.1 Å². The number of aromatic amines is 1. The number of hydrogen-bond donors (Lipinski definition) is 1. The molecule has 0 radical (unpaired) electrons. The normalized spacial score (nSPS) is 13.5. The van der Waals surface area contributed by atoms with Crippen LogP contribution in [0.15, 0.2) is 0 Å². The lowest BCUT2D eigenvalue weighted by Gasteiger charge is -2.19. The average molecular weight is 202 g/mol. The van der Waals surface area contributed by atoms with E-state index in [0.29, 0.717) is 17.3 Å². The molecular formula is C7H14N4OS. The van der Waals surface area contributed by atoms with E-state index in [1.54, 1.807) is 11.8 Å². The second kappa shape index (κ2) is 4.48. The molecule has 1 atom stereocenters. The predicted octanol–water partition coefficient (Wildman–Crippen LogP) is 1.18. The van der Waals surface area contributed by atoms with Crippen molar-refractivity contribution in [3.05, 3.63) is 4.77 Å². The zero-order chi connectivity index (χ0) is 9.84. The van der Waals surface area contributed by atoms with Crippen molar-refractivity contribution in [3.63, 3.8) is 0 Å². The first-order valence-electron chi connectivity index (χ1n) is 4.15. The number of ether oxygens (including phenoxy) is 1. The fourth-order valence-electron chi connectivity index (χ4n) is 1.16. The van der Waals surface area contributed by atoms with Crippen molar-refractivity contribution >= 4 is 12.2 Å². The van der Waals surface area contributed by atoms with Crippen LogP contribution >= 0.6 is 12.2 Å². The van der Waals surface area contributed by atoms with Crippen LogP contribution in [0.3, 0.4) is 0 Å². The molecule has 6 heteroatoms. The first kappa shape index (κ1) is 10.3. The lowest BCUT2D eigenvalue weighted by Crippen LogP contribution is -2.21. The minimum absolute atomic E-state index is 0.174. The van der Waals surface area contributed by atoms with Gasteiger partial charge in [-0.2, -0.15) is 5.21 Å². The molecule has 0 saturated heterocycles. The van der Waals surface area contributed by atoms with E-state index in [2.05, 4.69) is 29.4 Å². The van der Waals surface area contributed by atoms with Crippen molar-refractivity contribution in [2.45, 2.75) is 19.9 Å². The molecule has 1 aromatic rings. The van der Waals surface area contributed by atoms with E-state index >= 15 is 0 Å². The Hall–Kier alpha value is -0.750. The Kier molecular flexibility index (Phi) is 3.56. The van der Waals surface area contributed by atoms with Gasteiger partial charge in [-0.1, -0.05) is 24.2 Å². The summed E-state index contributed by atoms with van der Waals surface area (Å²) in [4.78, 5) is 0.